The Balaban J connectivity index is 2.69. The van der Waals surface area contributed by atoms with Crippen molar-refractivity contribution in [1.82, 2.24) is 10.2 Å². The molecule has 2 amide bonds. The van der Waals surface area contributed by atoms with E-state index < -0.39 is 18.2 Å². The van der Waals surface area contributed by atoms with Crippen LogP contribution in [0.1, 0.15) is 26.7 Å². The highest BCUT2D eigenvalue weighted by molar-refractivity contribution is 5.87. The van der Waals surface area contributed by atoms with Crippen LogP contribution < -0.4 is 5.32 Å². The number of aldehydes is 1. The Labute approximate surface area is 100.0 Å². The summed E-state index contributed by atoms with van der Waals surface area (Å²) in [4.78, 5) is 34.9. The van der Waals surface area contributed by atoms with Gasteiger partial charge in [-0.3, -0.25) is 4.79 Å². The van der Waals surface area contributed by atoms with Crippen LogP contribution in [0.5, 0.6) is 0 Å². The number of rotatable bonds is 4. The molecule has 0 aromatic heterocycles. The predicted octanol–water partition coefficient (Wildman–Crippen LogP) is 0.469. The quantitative estimate of drug-likeness (QED) is 0.701. The summed E-state index contributed by atoms with van der Waals surface area (Å²) < 4.78 is 0. The number of hydrogen-bond donors (Lipinski definition) is 2. The summed E-state index contributed by atoms with van der Waals surface area (Å²) in [7, 11) is 0. The van der Waals surface area contributed by atoms with E-state index >= 15 is 0 Å². The van der Waals surface area contributed by atoms with Crippen LogP contribution in [-0.4, -0.2) is 46.9 Å². The van der Waals surface area contributed by atoms with E-state index in [0.29, 0.717) is 6.54 Å². The summed E-state index contributed by atoms with van der Waals surface area (Å²) in [5.41, 5.74) is 0. The van der Waals surface area contributed by atoms with Crippen LogP contribution in [0.25, 0.3) is 0 Å². The van der Waals surface area contributed by atoms with Gasteiger partial charge in [0.1, 0.15) is 12.3 Å². The minimum atomic E-state index is -1.24. The molecule has 0 radical (unpaired) electrons. The van der Waals surface area contributed by atoms with Gasteiger partial charge in [0, 0.05) is 6.54 Å². The van der Waals surface area contributed by atoms with E-state index in [1.165, 1.54) is 11.8 Å². The standard InChI is InChI=1S/C11H18N2O4/c1-3-8-4-5-13(9(8)6-14)10(15)7(2)12-11(16)17/h6-9,12H,3-5H2,1-2H3,(H,16,17)/t7-,8+,9+/m0/s1. The fraction of sp³-hybridized carbons (Fsp3) is 0.727. The van der Waals surface area contributed by atoms with Crippen LogP contribution in [0, 0.1) is 5.92 Å². The molecular weight excluding hydrogens is 224 g/mol. The number of carboxylic acid groups (broad SMARTS) is 1. The lowest BCUT2D eigenvalue weighted by atomic mass is 9.98. The Morgan fingerprint density at radius 1 is 1.59 bits per heavy atom. The first-order valence-electron chi connectivity index (χ1n) is 5.76. The largest absolute Gasteiger partial charge is 0.465 e. The maximum Gasteiger partial charge on any atom is 0.405 e. The van der Waals surface area contributed by atoms with Crippen LogP contribution in [0.4, 0.5) is 4.79 Å². The van der Waals surface area contributed by atoms with Crippen molar-refractivity contribution in [2.45, 2.75) is 38.8 Å². The van der Waals surface area contributed by atoms with Crippen LogP contribution in [-0.2, 0) is 9.59 Å². The van der Waals surface area contributed by atoms with E-state index in [0.717, 1.165) is 19.1 Å². The molecule has 0 saturated carbocycles. The van der Waals surface area contributed by atoms with Crippen molar-refractivity contribution < 1.29 is 19.5 Å². The summed E-state index contributed by atoms with van der Waals surface area (Å²) >= 11 is 0. The third-order valence-electron chi connectivity index (χ3n) is 3.24. The lowest BCUT2D eigenvalue weighted by Crippen LogP contribution is -2.49. The first kappa shape index (κ1) is 13.5. The number of nitrogens with one attached hydrogen (secondary N) is 1. The minimum Gasteiger partial charge on any atom is -0.465 e. The molecule has 1 rings (SSSR count). The van der Waals surface area contributed by atoms with E-state index in [-0.39, 0.29) is 11.8 Å². The molecule has 6 nitrogen and oxygen atoms in total. The fourth-order valence-corrected chi connectivity index (χ4v) is 2.26. The minimum absolute atomic E-state index is 0.188. The zero-order chi connectivity index (χ0) is 13.0. The molecule has 2 N–H and O–H groups in total. The number of amides is 2. The Hall–Kier alpha value is -1.59. The molecular formula is C11H18N2O4. The van der Waals surface area contributed by atoms with Crippen LogP contribution >= 0.6 is 0 Å². The van der Waals surface area contributed by atoms with Gasteiger partial charge in [0.2, 0.25) is 5.91 Å². The van der Waals surface area contributed by atoms with Crippen molar-refractivity contribution >= 4 is 18.3 Å². The van der Waals surface area contributed by atoms with Crippen LogP contribution in [0.15, 0.2) is 0 Å². The molecule has 17 heavy (non-hydrogen) atoms. The number of nitrogens with zero attached hydrogens (tertiary/aromatic N) is 1. The molecule has 1 fully saturated rings. The normalized spacial score (nSPS) is 25.4. The second-order valence-corrected chi connectivity index (χ2v) is 4.29. The van der Waals surface area contributed by atoms with Gasteiger partial charge in [-0.05, 0) is 19.3 Å². The smallest absolute Gasteiger partial charge is 0.405 e. The first-order valence-corrected chi connectivity index (χ1v) is 5.76. The zero-order valence-electron chi connectivity index (χ0n) is 10.0. The maximum atomic E-state index is 12.0. The van der Waals surface area contributed by atoms with Gasteiger partial charge in [-0.1, -0.05) is 13.3 Å². The molecule has 1 saturated heterocycles. The van der Waals surface area contributed by atoms with Crippen molar-refractivity contribution in [1.29, 1.82) is 0 Å². The van der Waals surface area contributed by atoms with Crippen molar-refractivity contribution in [3.63, 3.8) is 0 Å². The van der Waals surface area contributed by atoms with E-state index in [2.05, 4.69) is 5.32 Å². The summed E-state index contributed by atoms with van der Waals surface area (Å²) in [6.45, 7) is 3.98. The molecule has 6 heteroatoms. The monoisotopic (exact) mass is 242 g/mol. The molecule has 1 aliphatic heterocycles. The number of carbonyl (C=O) groups is 3. The van der Waals surface area contributed by atoms with E-state index in [1.807, 2.05) is 6.92 Å². The van der Waals surface area contributed by atoms with Gasteiger partial charge in [0.15, 0.2) is 0 Å². The number of likely N-dealkylation sites (tertiary alicyclic amines) is 1. The first-order chi connectivity index (χ1) is 8.01. The van der Waals surface area contributed by atoms with E-state index in [1.54, 1.807) is 0 Å². The summed E-state index contributed by atoms with van der Waals surface area (Å²) in [5.74, 6) is -0.145. The Kier molecular flexibility index (Phi) is 4.48. The van der Waals surface area contributed by atoms with Gasteiger partial charge >= 0.3 is 6.09 Å². The Morgan fingerprint density at radius 2 is 2.24 bits per heavy atom. The molecule has 0 aromatic carbocycles. The van der Waals surface area contributed by atoms with Gasteiger partial charge in [-0.15, -0.1) is 0 Å². The third-order valence-corrected chi connectivity index (χ3v) is 3.24. The van der Waals surface area contributed by atoms with Crippen molar-refractivity contribution in [2.75, 3.05) is 6.54 Å². The summed E-state index contributed by atoms with van der Waals surface area (Å²) in [6.07, 6.45) is 1.19. The second-order valence-electron chi connectivity index (χ2n) is 4.29. The van der Waals surface area contributed by atoms with Crippen molar-refractivity contribution in [3.05, 3.63) is 0 Å². The number of hydrogen-bond acceptors (Lipinski definition) is 3. The second kappa shape index (κ2) is 5.65. The molecule has 0 bridgehead atoms. The van der Waals surface area contributed by atoms with Crippen LogP contribution in [0.2, 0.25) is 0 Å². The SMILES string of the molecule is CC[C@@H]1CCN(C(=O)[C@H](C)NC(=O)O)[C@@H]1C=O. The van der Waals surface area contributed by atoms with Crippen molar-refractivity contribution in [2.24, 2.45) is 5.92 Å². The maximum absolute atomic E-state index is 12.0. The zero-order valence-corrected chi connectivity index (χ0v) is 10.0. The van der Waals surface area contributed by atoms with E-state index in [4.69, 9.17) is 5.11 Å². The Bertz CT molecular complexity index is 319. The van der Waals surface area contributed by atoms with Crippen molar-refractivity contribution in [3.8, 4) is 0 Å². The molecule has 0 aliphatic carbocycles. The molecule has 1 aliphatic rings. The predicted molar refractivity (Wildman–Crippen MR) is 60.6 cm³/mol. The van der Waals surface area contributed by atoms with Gasteiger partial charge in [-0.2, -0.15) is 0 Å². The average Bonchev–Trinajstić information content (AvgIpc) is 2.69. The third kappa shape index (κ3) is 2.95. The molecule has 0 aromatic rings. The van der Waals surface area contributed by atoms with Gasteiger partial charge in [-0.25, -0.2) is 4.79 Å². The lowest BCUT2D eigenvalue weighted by molar-refractivity contribution is -0.136. The van der Waals surface area contributed by atoms with Gasteiger partial charge < -0.3 is 20.1 Å². The molecule has 96 valence electrons. The van der Waals surface area contributed by atoms with Gasteiger partial charge in [0.25, 0.3) is 0 Å². The topological polar surface area (TPSA) is 86.7 Å². The Morgan fingerprint density at radius 3 is 2.71 bits per heavy atom. The highest BCUT2D eigenvalue weighted by atomic mass is 16.4. The fourth-order valence-electron chi connectivity index (χ4n) is 2.26. The van der Waals surface area contributed by atoms with Crippen LogP contribution in [0.3, 0.4) is 0 Å². The molecule has 3 atom stereocenters. The molecule has 0 unspecified atom stereocenters. The van der Waals surface area contributed by atoms with Gasteiger partial charge in [0.05, 0.1) is 6.04 Å². The molecule has 1 heterocycles. The lowest BCUT2D eigenvalue weighted by Gasteiger charge is -2.25. The highest BCUT2D eigenvalue weighted by Crippen LogP contribution is 2.26. The number of carbonyl (C=O) groups excluding carboxylic acids is 2. The highest BCUT2D eigenvalue weighted by Gasteiger charge is 2.37. The molecule has 0 spiro atoms. The summed E-state index contributed by atoms with van der Waals surface area (Å²) in [6, 6.07) is -1.23. The summed E-state index contributed by atoms with van der Waals surface area (Å²) in [5, 5.41) is 10.7. The average molecular weight is 242 g/mol. The van der Waals surface area contributed by atoms with E-state index in [9.17, 15) is 14.4 Å².